The third-order valence-electron chi connectivity index (χ3n) is 2.08. The van der Waals surface area contributed by atoms with E-state index in [0.29, 0.717) is 6.54 Å². The number of ether oxygens (including phenoxy) is 2. The van der Waals surface area contributed by atoms with Gasteiger partial charge in [-0.3, -0.25) is 5.32 Å². The number of fused-ring (bicyclic) bond motifs is 4. The zero-order valence-electron chi connectivity index (χ0n) is 8.43. The van der Waals surface area contributed by atoms with Crippen LogP contribution in [0.25, 0.3) is 0 Å². The van der Waals surface area contributed by atoms with Gasteiger partial charge in [0.25, 0.3) is 0 Å². The molecule has 3 N–H and O–H groups in total. The van der Waals surface area contributed by atoms with Gasteiger partial charge in [-0.2, -0.15) is 5.26 Å². The number of nitrogens with zero attached hydrogens (tertiary/aromatic N) is 2. The van der Waals surface area contributed by atoms with Crippen molar-refractivity contribution in [3.63, 3.8) is 0 Å². The summed E-state index contributed by atoms with van der Waals surface area (Å²) in [7, 11) is 0. The fraction of sp³-hybridized carbons (Fsp3) is 0.200. The van der Waals surface area contributed by atoms with Crippen molar-refractivity contribution in [2.45, 2.75) is 6.54 Å². The molecule has 0 spiro atoms. The summed E-state index contributed by atoms with van der Waals surface area (Å²) in [4.78, 5) is 3.99. The van der Waals surface area contributed by atoms with E-state index in [1.54, 1.807) is 6.19 Å². The topological polar surface area (TPSA) is 92.7 Å². The molecule has 0 amide bonds. The van der Waals surface area contributed by atoms with E-state index in [1.165, 1.54) is 0 Å². The highest BCUT2D eigenvalue weighted by Gasteiger charge is 2.10. The van der Waals surface area contributed by atoms with Gasteiger partial charge in [0.05, 0.1) is 6.54 Å². The van der Waals surface area contributed by atoms with Crippen LogP contribution in [0.4, 0.5) is 0 Å². The Balaban J connectivity index is 2.14. The van der Waals surface area contributed by atoms with Crippen LogP contribution in [-0.2, 0) is 6.54 Å². The van der Waals surface area contributed by atoms with E-state index in [-0.39, 0.29) is 12.8 Å². The minimum absolute atomic E-state index is 0.0824. The lowest BCUT2D eigenvalue weighted by Crippen LogP contribution is -2.27. The van der Waals surface area contributed by atoms with Crippen LogP contribution in [0, 0.1) is 11.5 Å². The highest BCUT2D eigenvalue weighted by Crippen LogP contribution is 2.28. The standard InChI is InChI=1S/C10H10N4O2/c11-5-14-10(12)13-4-7-3-8-1-2-9(7)16-6-15-8/h1-3H,4,6H2,(H3,12,13,14). The molecule has 2 heterocycles. The second-order valence-electron chi connectivity index (χ2n) is 3.11. The Morgan fingerprint density at radius 1 is 1.56 bits per heavy atom. The molecule has 2 aliphatic heterocycles. The fourth-order valence-electron chi connectivity index (χ4n) is 1.34. The zero-order valence-corrected chi connectivity index (χ0v) is 8.43. The molecule has 0 fully saturated rings. The number of aliphatic imine (C=N–C) groups is 1. The SMILES string of the molecule is N#CNC(N)=NCc1cc2ccc1OCO2. The summed E-state index contributed by atoms with van der Waals surface area (Å²) in [6.45, 7) is 0.542. The van der Waals surface area contributed by atoms with Gasteiger partial charge < -0.3 is 15.2 Å². The van der Waals surface area contributed by atoms with E-state index in [4.69, 9.17) is 20.5 Å². The van der Waals surface area contributed by atoms with Gasteiger partial charge in [-0.05, 0) is 18.2 Å². The summed E-state index contributed by atoms with van der Waals surface area (Å²) >= 11 is 0. The maximum Gasteiger partial charge on any atom is 0.230 e. The van der Waals surface area contributed by atoms with Gasteiger partial charge in [-0.15, -0.1) is 0 Å². The Bertz CT molecular complexity index is 464. The third-order valence-corrected chi connectivity index (χ3v) is 2.08. The maximum atomic E-state index is 8.32. The van der Waals surface area contributed by atoms with Gasteiger partial charge in [0, 0.05) is 5.56 Å². The number of hydrogen-bond donors (Lipinski definition) is 2. The highest BCUT2D eigenvalue weighted by molar-refractivity contribution is 5.79. The Labute approximate surface area is 92.3 Å². The molecule has 1 aromatic carbocycles. The second kappa shape index (κ2) is 4.40. The molecule has 3 rings (SSSR count). The Morgan fingerprint density at radius 2 is 2.44 bits per heavy atom. The van der Waals surface area contributed by atoms with E-state index in [9.17, 15) is 0 Å². The number of nitrogens with two attached hydrogens (primary N) is 1. The van der Waals surface area contributed by atoms with Crippen molar-refractivity contribution in [1.29, 1.82) is 5.26 Å². The van der Waals surface area contributed by atoms with Gasteiger partial charge >= 0.3 is 0 Å². The van der Waals surface area contributed by atoms with Crippen molar-refractivity contribution < 1.29 is 9.47 Å². The van der Waals surface area contributed by atoms with E-state index in [0.717, 1.165) is 17.1 Å². The van der Waals surface area contributed by atoms with Crippen LogP contribution in [-0.4, -0.2) is 12.8 Å². The first-order valence-corrected chi connectivity index (χ1v) is 4.63. The zero-order chi connectivity index (χ0) is 11.4. The number of benzene rings is 1. The summed E-state index contributed by atoms with van der Waals surface area (Å²) in [5.74, 6) is 1.53. The van der Waals surface area contributed by atoms with Gasteiger partial charge in [-0.25, -0.2) is 4.99 Å². The van der Waals surface area contributed by atoms with Crippen LogP contribution in [0.1, 0.15) is 5.56 Å². The summed E-state index contributed by atoms with van der Waals surface area (Å²) in [6, 6.07) is 5.49. The van der Waals surface area contributed by atoms with Gasteiger partial charge in [0.2, 0.25) is 12.8 Å². The molecular weight excluding hydrogens is 208 g/mol. The van der Waals surface area contributed by atoms with Crippen molar-refractivity contribution in [3.05, 3.63) is 23.8 Å². The number of nitrogens with one attached hydrogen (secondary N) is 1. The fourth-order valence-corrected chi connectivity index (χ4v) is 1.34. The predicted octanol–water partition coefficient (Wildman–Crippen LogP) is 0.301. The molecule has 0 unspecified atom stereocenters. The molecule has 16 heavy (non-hydrogen) atoms. The first-order chi connectivity index (χ1) is 7.79. The molecule has 6 nitrogen and oxygen atoms in total. The minimum Gasteiger partial charge on any atom is -0.457 e. The summed E-state index contributed by atoms with van der Waals surface area (Å²) in [5.41, 5.74) is 6.29. The molecule has 0 radical (unpaired) electrons. The van der Waals surface area contributed by atoms with Crippen LogP contribution >= 0.6 is 0 Å². The quantitative estimate of drug-likeness (QED) is 0.322. The van der Waals surface area contributed by atoms with E-state index in [1.807, 2.05) is 18.2 Å². The van der Waals surface area contributed by atoms with Crippen LogP contribution in [0.15, 0.2) is 23.2 Å². The molecule has 2 bridgehead atoms. The van der Waals surface area contributed by atoms with Crippen molar-refractivity contribution in [2.75, 3.05) is 6.79 Å². The maximum absolute atomic E-state index is 8.32. The number of hydrogen-bond acceptors (Lipinski definition) is 4. The lowest BCUT2D eigenvalue weighted by molar-refractivity contribution is 0.127. The number of nitriles is 1. The molecule has 0 aliphatic carbocycles. The van der Waals surface area contributed by atoms with E-state index in [2.05, 4.69) is 10.3 Å². The number of rotatable bonds is 2. The van der Waals surface area contributed by atoms with Crippen LogP contribution in [0.3, 0.4) is 0 Å². The summed E-state index contributed by atoms with van der Waals surface area (Å²) in [5, 5.41) is 10.6. The summed E-state index contributed by atoms with van der Waals surface area (Å²) in [6.07, 6.45) is 1.69. The van der Waals surface area contributed by atoms with E-state index < -0.39 is 0 Å². The lowest BCUT2D eigenvalue weighted by Gasteiger charge is -2.03. The lowest BCUT2D eigenvalue weighted by atomic mass is 10.2. The van der Waals surface area contributed by atoms with Crippen LogP contribution in [0.2, 0.25) is 0 Å². The third kappa shape index (κ3) is 2.15. The molecule has 0 atom stereocenters. The Morgan fingerprint density at radius 3 is 3.25 bits per heavy atom. The molecule has 82 valence electrons. The molecule has 6 heteroatoms. The minimum atomic E-state index is 0.0824. The molecular formula is C10H10N4O2. The molecule has 0 saturated heterocycles. The van der Waals surface area contributed by atoms with Crippen LogP contribution < -0.4 is 20.5 Å². The molecule has 1 aromatic rings. The Hall–Kier alpha value is -2.42. The smallest absolute Gasteiger partial charge is 0.230 e. The first kappa shape index (κ1) is 10.1. The second-order valence-corrected chi connectivity index (χ2v) is 3.11. The monoisotopic (exact) mass is 218 g/mol. The predicted molar refractivity (Wildman–Crippen MR) is 56.6 cm³/mol. The first-order valence-electron chi connectivity index (χ1n) is 4.63. The molecule has 0 saturated carbocycles. The van der Waals surface area contributed by atoms with Gasteiger partial charge in [0.1, 0.15) is 11.5 Å². The highest BCUT2D eigenvalue weighted by atomic mass is 16.7. The van der Waals surface area contributed by atoms with E-state index >= 15 is 0 Å². The van der Waals surface area contributed by atoms with Crippen molar-refractivity contribution in [1.82, 2.24) is 5.32 Å². The van der Waals surface area contributed by atoms with Crippen LogP contribution in [0.5, 0.6) is 11.5 Å². The van der Waals surface area contributed by atoms with Gasteiger partial charge in [0.15, 0.2) is 6.19 Å². The average Bonchev–Trinajstić information content (AvgIpc) is 2.61. The molecule has 2 aliphatic rings. The Kier molecular flexibility index (Phi) is 2.78. The van der Waals surface area contributed by atoms with Crippen molar-refractivity contribution >= 4 is 5.96 Å². The summed E-state index contributed by atoms with van der Waals surface area (Å²) < 4.78 is 10.6. The largest absolute Gasteiger partial charge is 0.457 e. The number of guanidine groups is 1. The van der Waals surface area contributed by atoms with Gasteiger partial charge in [-0.1, -0.05) is 0 Å². The van der Waals surface area contributed by atoms with Crippen molar-refractivity contribution in [2.24, 2.45) is 10.7 Å². The average molecular weight is 218 g/mol. The normalized spacial score (nSPS) is 13.3. The molecule has 0 aromatic heterocycles. The van der Waals surface area contributed by atoms with Crippen molar-refractivity contribution in [3.8, 4) is 17.7 Å².